The van der Waals surface area contributed by atoms with Gasteiger partial charge in [0.05, 0.1) is 0 Å². The average molecular weight is 276 g/mol. The van der Waals surface area contributed by atoms with Crippen LogP contribution in [0.25, 0.3) is 0 Å². The molecule has 1 aromatic carbocycles. The maximum absolute atomic E-state index is 12.2. The number of aromatic nitrogens is 3. The zero-order chi connectivity index (χ0) is 13.8. The van der Waals surface area contributed by atoms with Gasteiger partial charge < -0.3 is 0 Å². The molecule has 1 amide bonds. The average Bonchev–Trinajstić information content (AvgIpc) is 2.72. The van der Waals surface area contributed by atoms with Crippen molar-refractivity contribution in [2.45, 2.75) is 25.9 Å². The van der Waals surface area contributed by atoms with Crippen LogP contribution in [-0.4, -0.2) is 26.5 Å². The van der Waals surface area contributed by atoms with E-state index in [-0.39, 0.29) is 5.91 Å². The lowest BCUT2D eigenvalue weighted by molar-refractivity contribution is 0.100. The first-order valence-corrected chi connectivity index (χ1v) is 7.04. The minimum atomic E-state index is -0.154. The molecule has 0 saturated carbocycles. The van der Waals surface area contributed by atoms with Crippen LogP contribution in [0, 0.1) is 13.8 Å². The van der Waals surface area contributed by atoms with Crippen LogP contribution in [0.2, 0.25) is 0 Å². The predicted molar refractivity (Wildman–Crippen MR) is 76.0 cm³/mol. The molecule has 0 radical (unpaired) electrons. The van der Waals surface area contributed by atoms with Gasteiger partial charge in [0.1, 0.15) is 5.82 Å². The number of nitrogens with one attached hydrogen (secondary N) is 1. The van der Waals surface area contributed by atoms with Gasteiger partial charge in [0.25, 0.3) is 5.91 Å². The van der Waals surface area contributed by atoms with Crippen molar-refractivity contribution >= 4 is 17.7 Å². The summed E-state index contributed by atoms with van der Waals surface area (Å²) in [6, 6.07) is 7.48. The van der Waals surface area contributed by atoms with E-state index in [0.29, 0.717) is 16.5 Å². The smallest absolute Gasteiger partial charge is 0.267 e. The number of amides is 1. The summed E-state index contributed by atoms with van der Waals surface area (Å²) in [6.45, 7) is 5.75. The zero-order valence-electron chi connectivity index (χ0n) is 11.2. The lowest BCUT2D eigenvalue weighted by Crippen LogP contribution is -2.25. The molecule has 0 spiro atoms. The standard InChI is InChI=1S/C13H16N4OS/c1-4-19-13-15-14-10(3)17(13)16-12(18)11-8-6-5-7-9(11)2/h5-8H,4H2,1-3H3,(H,16,18). The van der Waals surface area contributed by atoms with Crippen molar-refractivity contribution in [1.82, 2.24) is 14.9 Å². The number of carbonyl (C=O) groups is 1. The Morgan fingerprint density at radius 1 is 1.32 bits per heavy atom. The second-order valence-corrected chi connectivity index (χ2v) is 5.29. The van der Waals surface area contributed by atoms with Gasteiger partial charge in [-0.3, -0.25) is 10.2 Å². The monoisotopic (exact) mass is 276 g/mol. The third-order valence-electron chi connectivity index (χ3n) is 2.67. The van der Waals surface area contributed by atoms with Gasteiger partial charge in [-0.05, 0) is 31.2 Å². The highest BCUT2D eigenvalue weighted by atomic mass is 32.2. The second kappa shape index (κ2) is 5.88. The molecule has 0 bridgehead atoms. The topological polar surface area (TPSA) is 59.8 Å². The summed E-state index contributed by atoms with van der Waals surface area (Å²) >= 11 is 1.54. The van der Waals surface area contributed by atoms with Crippen LogP contribution in [0.1, 0.15) is 28.7 Å². The van der Waals surface area contributed by atoms with Crippen molar-refractivity contribution in [2.24, 2.45) is 0 Å². The van der Waals surface area contributed by atoms with Gasteiger partial charge in [-0.1, -0.05) is 36.9 Å². The highest BCUT2D eigenvalue weighted by Crippen LogP contribution is 2.15. The van der Waals surface area contributed by atoms with Gasteiger partial charge in [-0.2, -0.15) is 0 Å². The maximum Gasteiger partial charge on any atom is 0.270 e. The van der Waals surface area contributed by atoms with Crippen LogP contribution in [0.3, 0.4) is 0 Å². The Bertz CT molecular complexity index is 594. The van der Waals surface area contributed by atoms with Crippen LogP contribution in [0.4, 0.5) is 0 Å². The Kier molecular flexibility index (Phi) is 4.21. The van der Waals surface area contributed by atoms with Crippen LogP contribution in [0.15, 0.2) is 29.4 Å². The number of rotatable bonds is 4. The van der Waals surface area contributed by atoms with E-state index < -0.39 is 0 Å². The van der Waals surface area contributed by atoms with Crippen molar-refractivity contribution in [1.29, 1.82) is 0 Å². The van der Waals surface area contributed by atoms with E-state index in [1.807, 2.05) is 39.0 Å². The summed E-state index contributed by atoms with van der Waals surface area (Å²) in [5.41, 5.74) is 4.43. The fourth-order valence-corrected chi connectivity index (χ4v) is 2.35. The molecule has 0 atom stereocenters. The van der Waals surface area contributed by atoms with E-state index >= 15 is 0 Å². The van der Waals surface area contributed by atoms with E-state index in [4.69, 9.17) is 0 Å². The van der Waals surface area contributed by atoms with Crippen molar-refractivity contribution < 1.29 is 4.79 Å². The molecule has 0 saturated heterocycles. The Hall–Kier alpha value is -1.82. The predicted octanol–water partition coefficient (Wildman–Crippen LogP) is 2.39. The van der Waals surface area contributed by atoms with Crippen molar-refractivity contribution in [3.05, 3.63) is 41.2 Å². The number of hydrogen-bond donors (Lipinski definition) is 1. The van der Waals surface area contributed by atoms with Gasteiger partial charge in [-0.15, -0.1) is 10.2 Å². The van der Waals surface area contributed by atoms with Crippen LogP contribution < -0.4 is 5.43 Å². The molecule has 0 fully saturated rings. The van der Waals surface area contributed by atoms with Crippen LogP contribution in [0.5, 0.6) is 0 Å². The summed E-state index contributed by atoms with van der Waals surface area (Å²) in [7, 11) is 0. The molecule has 2 rings (SSSR count). The molecule has 2 aromatic rings. The van der Waals surface area contributed by atoms with Gasteiger partial charge >= 0.3 is 0 Å². The second-order valence-electron chi connectivity index (χ2n) is 4.05. The quantitative estimate of drug-likeness (QED) is 0.871. The highest BCUT2D eigenvalue weighted by molar-refractivity contribution is 7.99. The Balaban J connectivity index is 2.24. The molecule has 0 aliphatic rings. The molecule has 19 heavy (non-hydrogen) atoms. The summed E-state index contributed by atoms with van der Waals surface area (Å²) in [4.78, 5) is 12.2. The SMILES string of the molecule is CCSc1nnc(C)n1NC(=O)c1ccccc1C. The molecule has 0 aliphatic carbocycles. The molecular weight excluding hydrogens is 260 g/mol. The zero-order valence-corrected chi connectivity index (χ0v) is 12.0. The molecule has 100 valence electrons. The van der Waals surface area contributed by atoms with E-state index in [1.165, 1.54) is 11.8 Å². The summed E-state index contributed by atoms with van der Waals surface area (Å²) in [5.74, 6) is 1.38. The van der Waals surface area contributed by atoms with Crippen LogP contribution >= 0.6 is 11.8 Å². The van der Waals surface area contributed by atoms with Crippen molar-refractivity contribution in [2.75, 3.05) is 11.2 Å². The van der Waals surface area contributed by atoms with Crippen molar-refractivity contribution in [3.8, 4) is 0 Å². The van der Waals surface area contributed by atoms with E-state index in [1.54, 1.807) is 10.7 Å². The van der Waals surface area contributed by atoms with Gasteiger partial charge in [0.15, 0.2) is 0 Å². The molecule has 6 heteroatoms. The summed E-state index contributed by atoms with van der Waals surface area (Å²) in [5, 5.41) is 8.71. The normalized spacial score (nSPS) is 10.5. The molecule has 0 unspecified atom stereocenters. The first-order valence-electron chi connectivity index (χ1n) is 6.05. The number of carbonyl (C=O) groups excluding carboxylic acids is 1. The fourth-order valence-electron chi connectivity index (χ4n) is 1.68. The number of hydrogen-bond acceptors (Lipinski definition) is 4. The fraction of sp³-hybridized carbons (Fsp3) is 0.308. The Morgan fingerprint density at radius 2 is 2.05 bits per heavy atom. The molecule has 1 aromatic heterocycles. The van der Waals surface area contributed by atoms with Gasteiger partial charge in [0, 0.05) is 5.56 Å². The van der Waals surface area contributed by atoms with Crippen molar-refractivity contribution in [3.63, 3.8) is 0 Å². The minimum absolute atomic E-state index is 0.154. The summed E-state index contributed by atoms with van der Waals surface area (Å²) < 4.78 is 1.63. The van der Waals surface area contributed by atoms with Gasteiger partial charge in [-0.25, -0.2) is 4.68 Å². The highest BCUT2D eigenvalue weighted by Gasteiger charge is 2.14. The maximum atomic E-state index is 12.2. The first-order chi connectivity index (χ1) is 9.13. The van der Waals surface area contributed by atoms with E-state index in [9.17, 15) is 4.79 Å². The number of benzene rings is 1. The first kappa shape index (κ1) is 13.6. The lowest BCUT2D eigenvalue weighted by atomic mass is 10.1. The van der Waals surface area contributed by atoms with E-state index in [0.717, 1.165) is 11.3 Å². The summed E-state index contributed by atoms with van der Waals surface area (Å²) in [6.07, 6.45) is 0. The minimum Gasteiger partial charge on any atom is -0.267 e. The molecule has 5 nitrogen and oxygen atoms in total. The molecular formula is C13H16N4OS. The Labute approximate surface area is 116 Å². The number of nitrogens with zero attached hydrogens (tertiary/aromatic N) is 3. The van der Waals surface area contributed by atoms with Crippen LogP contribution in [-0.2, 0) is 0 Å². The molecule has 1 N–H and O–H groups in total. The third-order valence-corrected chi connectivity index (χ3v) is 3.48. The molecule has 1 heterocycles. The number of aryl methyl sites for hydroxylation is 2. The van der Waals surface area contributed by atoms with E-state index in [2.05, 4.69) is 15.6 Å². The number of thioether (sulfide) groups is 1. The Morgan fingerprint density at radius 3 is 2.74 bits per heavy atom. The molecule has 0 aliphatic heterocycles. The lowest BCUT2D eigenvalue weighted by Gasteiger charge is -2.10. The third kappa shape index (κ3) is 2.96. The van der Waals surface area contributed by atoms with Gasteiger partial charge in [0.2, 0.25) is 5.16 Å². The largest absolute Gasteiger partial charge is 0.270 e.